The quantitative estimate of drug-likeness (QED) is 0.275. The van der Waals surface area contributed by atoms with Gasteiger partial charge in [0.15, 0.2) is 24.0 Å². The van der Waals surface area contributed by atoms with Crippen LogP contribution in [0.1, 0.15) is 18.3 Å². The highest BCUT2D eigenvalue weighted by molar-refractivity contribution is 14.0. The van der Waals surface area contributed by atoms with Gasteiger partial charge in [-0.2, -0.15) is 13.2 Å². The first kappa shape index (κ1) is 23.6. The number of alkyl halides is 3. The first-order chi connectivity index (χ1) is 13.9. The van der Waals surface area contributed by atoms with E-state index in [0.29, 0.717) is 25.6 Å². The lowest BCUT2D eigenvalue weighted by Crippen LogP contribution is -2.37. The number of hydrogen-bond donors (Lipinski definition) is 2. The number of halogens is 4. The topological polar surface area (TPSA) is 88.7 Å². The van der Waals surface area contributed by atoms with Gasteiger partial charge in [-0.3, -0.25) is 4.40 Å². The molecule has 0 radical (unpaired) electrons. The van der Waals surface area contributed by atoms with E-state index in [-0.39, 0.29) is 29.9 Å². The van der Waals surface area contributed by atoms with Crippen LogP contribution in [0.3, 0.4) is 0 Å². The fourth-order valence-electron chi connectivity index (χ4n) is 2.43. The number of pyridine rings is 2. The normalized spacial score (nSPS) is 11.8. The van der Waals surface area contributed by atoms with Crippen molar-refractivity contribution in [2.45, 2.75) is 26.2 Å². The van der Waals surface area contributed by atoms with Crippen LogP contribution in [0.4, 0.5) is 13.2 Å². The van der Waals surface area contributed by atoms with Crippen LogP contribution in [-0.2, 0) is 13.1 Å². The van der Waals surface area contributed by atoms with Crippen molar-refractivity contribution in [1.82, 2.24) is 30.2 Å². The summed E-state index contributed by atoms with van der Waals surface area (Å²) in [4.78, 5) is 8.33. The maximum atomic E-state index is 12.2. The highest BCUT2D eigenvalue weighted by atomic mass is 127. The summed E-state index contributed by atoms with van der Waals surface area (Å²) in [5, 5.41) is 14.6. The van der Waals surface area contributed by atoms with Gasteiger partial charge in [0.05, 0.1) is 13.1 Å². The second-order valence-electron chi connectivity index (χ2n) is 6.00. The predicted octanol–water partition coefficient (Wildman–Crippen LogP) is 2.94. The van der Waals surface area contributed by atoms with Crippen LogP contribution in [0.15, 0.2) is 47.7 Å². The Labute approximate surface area is 188 Å². The van der Waals surface area contributed by atoms with Gasteiger partial charge in [-0.1, -0.05) is 12.1 Å². The lowest BCUT2D eigenvalue weighted by molar-refractivity contribution is -0.154. The van der Waals surface area contributed by atoms with E-state index in [1.807, 2.05) is 35.7 Å². The Bertz CT molecular complexity index is 960. The summed E-state index contributed by atoms with van der Waals surface area (Å²) in [6.07, 6.45) is -1.08. The standard InChI is InChI=1S/C18H20F3N7O.HI/c1-2-22-17(25-11-15-27-26-14-5-3-4-8-28(14)15)24-10-13-6-7-16(23-9-13)29-12-18(19,20)21;/h3-9H,2,10-12H2,1H3,(H2,22,24,25);1H. The molecule has 3 heterocycles. The number of aromatic nitrogens is 4. The van der Waals surface area contributed by atoms with Crippen LogP contribution >= 0.6 is 24.0 Å². The molecule has 0 aliphatic carbocycles. The maximum absolute atomic E-state index is 12.2. The van der Waals surface area contributed by atoms with E-state index in [2.05, 4.69) is 35.5 Å². The van der Waals surface area contributed by atoms with Gasteiger partial charge in [0.25, 0.3) is 0 Å². The van der Waals surface area contributed by atoms with Gasteiger partial charge in [-0.15, -0.1) is 34.2 Å². The molecule has 0 aromatic carbocycles. The molecule has 0 saturated carbocycles. The minimum atomic E-state index is -4.40. The van der Waals surface area contributed by atoms with Crippen molar-refractivity contribution in [1.29, 1.82) is 0 Å². The van der Waals surface area contributed by atoms with E-state index < -0.39 is 12.8 Å². The number of hydrogen-bond acceptors (Lipinski definition) is 5. The second kappa shape index (κ2) is 10.9. The van der Waals surface area contributed by atoms with Gasteiger partial charge in [-0.25, -0.2) is 9.98 Å². The van der Waals surface area contributed by atoms with Crippen molar-refractivity contribution in [3.63, 3.8) is 0 Å². The van der Waals surface area contributed by atoms with Gasteiger partial charge in [0.2, 0.25) is 5.88 Å². The third kappa shape index (κ3) is 7.00. The smallest absolute Gasteiger partial charge is 0.422 e. The van der Waals surface area contributed by atoms with Crippen LogP contribution in [0.2, 0.25) is 0 Å². The van der Waals surface area contributed by atoms with Crippen molar-refractivity contribution >= 4 is 35.6 Å². The lowest BCUT2D eigenvalue weighted by atomic mass is 10.3. The number of aliphatic imine (C=N–C) groups is 1. The van der Waals surface area contributed by atoms with Gasteiger partial charge in [0, 0.05) is 25.0 Å². The molecule has 162 valence electrons. The van der Waals surface area contributed by atoms with Crippen molar-refractivity contribution < 1.29 is 17.9 Å². The SMILES string of the molecule is CCNC(=NCc1ccc(OCC(F)(F)F)nc1)NCc1nnc2ccccn12.I. The summed E-state index contributed by atoms with van der Waals surface area (Å²) in [5.74, 6) is 1.22. The predicted molar refractivity (Wildman–Crippen MR) is 116 cm³/mol. The number of nitrogens with one attached hydrogen (secondary N) is 2. The molecule has 3 rings (SSSR count). The molecule has 2 N–H and O–H groups in total. The van der Waals surface area contributed by atoms with Crippen LogP contribution < -0.4 is 15.4 Å². The third-order valence-electron chi connectivity index (χ3n) is 3.74. The molecule has 0 aliphatic heterocycles. The van der Waals surface area contributed by atoms with Crippen molar-refractivity contribution in [2.24, 2.45) is 4.99 Å². The molecular weight excluding hydrogens is 514 g/mol. The summed E-state index contributed by atoms with van der Waals surface area (Å²) >= 11 is 0. The van der Waals surface area contributed by atoms with Gasteiger partial charge in [0.1, 0.15) is 0 Å². The Morgan fingerprint density at radius 1 is 1.17 bits per heavy atom. The average molecular weight is 535 g/mol. The molecule has 12 heteroatoms. The number of rotatable bonds is 7. The van der Waals surface area contributed by atoms with E-state index in [9.17, 15) is 13.2 Å². The van der Waals surface area contributed by atoms with Crippen LogP contribution in [0.5, 0.6) is 5.88 Å². The Balaban J connectivity index is 0.00000320. The van der Waals surface area contributed by atoms with E-state index in [0.717, 1.165) is 17.0 Å². The Kier molecular flexibility index (Phi) is 8.62. The molecule has 0 fully saturated rings. The number of nitrogens with zero attached hydrogens (tertiary/aromatic N) is 5. The van der Waals surface area contributed by atoms with Crippen LogP contribution in [0, 0.1) is 0 Å². The fourth-order valence-corrected chi connectivity index (χ4v) is 2.43. The molecule has 0 amide bonds. The van der Waals surface area contributed by atoms with E-state index >= 15 is 0 Å². The molecule has 0 aliphatic rings. The fraction of sp³-hybridized carbons (Fsp3) is 0.333. The van der Waals surface area contributed by atoms with E-state index in [1.54, 1.807) is 6.07 Å². The molecule has 0 unspecified atom stereocenters. The zero-order valence-electron chi connectivity index (χ0n) is 16.1. The Hall–Kier alpha value is -2.64. The van der Waals surface area contributed by atoms with Crippen molar-refractivity contribution in [3.05, 3.63) is 54.1 Å². The summed E-state index contributed by atoms with van der Waals surface area (Å²) < 4.78 is 43.0. The molecule has 0 spiro atoms. The Morgan fingerprint density at radius 3 is 2.70 bits per heavy atom. The van der Waals surface area contributed by atoms with Gasteiger partial charge < -0.3 is 15.4 Å². The average Bonchev–Trinajstić information content (AvgIpc) is 3.12. The number of fused-ring (bicyclic) bond motifs is 1. The van der Waals surface area contributed by atoms with Gasteiger partial charge >= 0.3 is 6.18 Å². The highest BCUT2D eigenvalue weighted by Gasteiger charge is 2.28. The largest absolute Gasteiger partial charge is 0.468 e. The van der Waals surface area contributed by atoms with Crippen LogP contribution in [0.25, 0.3) is 5.65 Å². The number of ether oxygens (including phenoxy) is 1. The first-order valence-electron chi connectivity index (χ1n) is 8.90. The van der Waals surface area contributed by atoms with E-state index in [4.69, 9.17) is 0 Å². The Morgan fingerprint density at radius 2 is 2.00 bits per heavy atom. The molecule has 0 atom stereocenters. The lowest BCUT2D eigenvalue weighted by Gasteiger charge is -2.11. The molecular formula is C18H21F3IN7O. The maximum Gasteiger partial charge on any atom is 0.422 e. The summed E-state index contributed by atoms with van der Waals surface area (Å²) in [7, 11) is 0. The van der Waals surface area contributed by atoms with E-state index in [1.165, 1.54) is 12.3 Å². The van der Waals surface area contributed by atoms with Crippen LogP contribution in [-0.4, -0.2) is 44.9 Å². The van der Waals surface area contributed by atoms with Gasteiger partial charge in [-0.05, 0) is 24.6 Å². The van der Waals surface area contributed by atoms with Crippen molar-refractivity contribution in [3.8, 4) is 5.88 Å². The number of guanidine groups is 1. The van der Waals surface area contributed by atoms with Crippen molar-refractivity contribution in [2.75, 3.05) is 13.2 Å². The highest BCUT2D eigenvalue weighted by Crippen LogP contribution is 2.17. The molecule has 3 aromatic rings. The molecule has 30 heavy (non-hydrogen) atoms. The summed E-state index contributed by atoms with van der Waals surface area (Å²) in [6, 6.07) is 8.66. The first-order valence-corrected chi connectivity index (χ1v) is 8.90. The zero-order chi connectivity index (χ0) is 20.7. The summed E-state index contributed by atoms with van der Waals surface area (Å²) in [5.41, 5.74) is 1.49. The molecule has 8 nitrogen and oxygen atoms in total. The minimum absolute atomic E-state index is 0. The third-order valence-corrected chi connectivity index (χ3v) is 3.74. The molecule has 0 saturated heterocycles. The monoisotopic (exact) mass is 535 g/mol. The minimum Gasteiger partial charge on any atom is -0.468 e. The summed E-state index contributed by atoms with van der Waals surface area (Å²) in [6.45, 7) is 1.94. The molecule has 3 aromatic heterocycles. The molecule has 0 bridgehead atoms. The zero-order valence-corrected chi connectivity index (χ0v) is 18.4. The second-order valence-corrected chi connectivity index (χ2v) is 6.00.